The van der Waals surface area contributed by atoms with E-state index in [1.807, 2.05) is 31.2 Å². The maximum Gasteiger partial charge on any atom is 0.195 e. The highest BCUT2D eigenvalue weighted by Gasteiger charge is 2.47. The number of ether oxygens (including phenoxy) is 3. The van der Waals surface area contributed by atoms with Crippen molar-refractivity contribution >= 4 is 0 Å². The maximum absolute atomic E-state index is 6.38. The van der Waals surface area contributed by atoms with Gasteiger partial charge in [-0.25, -0.2) is 0 Å². The summed E-state index contributed by atoms with van der Waals surface area (Å²) in [6.07, 6.45) is 0.145. The van der Waals surface area contributed by atoms with Crippen molar-refractivity contribution in [2.24, 2.45) is 11.3 Å². The lowest BCUT2D eigenvalue weighted by Gasteiger charge is -2.49. The van der Waals surface area contributed by atoms with Crippen LogP contribution in [0.5, 0.6) is 5.75 Å². The molecule has 0 N–H and O–H groups in total. The molecule has 1 heterocycles. The van der Waals surface area contributed by atoms with Crippen LogP contribution in [0.15, 0.2) is 24.3 Å². The molecule has 1 saturated heterocycles. The summed E-state index contributed by atoms with van der Waals surface area (Å²) in [4.78, 5) is 0. The Hall–Kier alpha value is -1.06. The summed E-state index contributed by atoms with van der Waals surface area (Å²) < 4.78 is 17.9. The fourth-order valence-corrected chi connectivity index (χ4v) is 3.04. The smallest absolute Gasteiger partial charge is 0.195 e. The summed E-state index contributed by atoms with van der Waals surface area (Å²) in [5.74, 6) is 0.483. The molecular weight excluding hydrogens is 252 g/mol. The number of hydrogen-bond acceptors (Lipinski definition) is 3. The van der Waals surface area contributed by atoms with E-state index in [2.05, 4.69) is 27.7 Å². The fraction of sp³-hybridized carbons (Fsp3) is 0.647. The normalized spacial score (nSPS) is 29.4. The van der Waals surface area contributed by atoms with E-state index >= 15 is 0 Å². The van der Waals surface area contributed by atoms with Gasteiger partial charge in [-0.15, -0.1) is 0 Å². The Morgan fingerprint density at radius 3 is 2.45 bits per heavy atom. The lowest BCUT2D eigenvalue weighted by Crippen LogP contribution is -2.52. The summed E-state index contributed by atoms with van der Waals surface area (Å²) >= 11 is 0. The first-order valence-electron chi connectivity index (χ1n) is 7.25. The molecule has 0 radical (unpaired) electrons. The van der Waals surface area contributed by atoms with Crippen molar-refractivity contribution in [3.63, 3.8) is 0 Å². The minimum atomic E-state index is -0.753. The molecule has 1 aliphatic rings. The molecule has 0 amide bonds. The van der Waals surface area contributed by atoms with Crippen molar-refractivity contribution in [2.45, 2.75) is 46.5 Å². The summed E-state index contributed by atoms with van der Waals surface area (Å²) in [7, 11) is 1.68. The van der Waals surface area contributed by atoms with Crippen LogP contribution in [0.25, 0.3) is 0 Å². The molecule has 0 bridgehead atoms. The molecule has 0 saturated carbocycles. The average molecular weight is 278 g/mol. The first kappa shape index (κ1) is 15.3. The molecule has 0 aromatic heterocycles. The molecular formula is C17H26O3. The fourth-order valence-electron chi connectivity index (χ4n) is 3.04. The van der Waals surface area contributed by atoms with Gasteiger partial charge in [0.2, 0.25) is 0 Å². The Balaban J connectivity index is 2.36. The molecule has 1 aliphatic heterocycles. The zero-order valence-electron chi connectivity index (χ0n) is 13.4. The molecule has 1 aromatic carbocycles. The molecule has 3 heteroatoms. The van der Waals surface area contributed by atoms with Gasteiger partial charge in [0.05, 0.1) is 25.4 Å². The second-order valence-corrected chi connectivity index (χ2v) is 6.71. The molecule has 20 heavy (non-hydrogen) atoms. The maximum atomic E-state index is 6.38. The molecule has 2 atom stereocenters. The third-order valence-electron chi connectivity index (χ3n) is 4.04. The van der Waals surface area contributed by atoms with E-state index in [1.54, 1.807) is 7.11 Å². The third kappa shape index (κ3) is 2.70. The molecule has 2 rings (SSSR count). The minimum Gasteiger partial charge on any atom is -0.496 e. The highest BCUT2D eigenvalue weighted by Crippen LogP contribution is 2.45. The number of methoxy groups -OCH3 is 1. The van der Waals surface area contributed by atoms with Crippen LogP contribution in [0.3, 0.4) is 0 Å². The lowest BCUT2D eigenvalue weighted by atomic mass is 9.80. The van der Waals surface area contributed by atoms with E-state index in [-0.39, 0.29) is 11.5 Å². The third-order valence-corrected chi connectivity index (χ3v) is 4.04. The van der Waals surface area contributed by atoms with E-state index < -0.39 is 5.79 Å². The number of benzene rings is 1. The van der Waals surface area contributed by atoms with E-state index in [4.69, 9.17) is 14.2 Å². The van der Waals surface area contributed by atoms with Gasteiger partial charge in [-0.3, -0.25) is 0 Å². The first-order valence-corrected chi connectivity index (χ1v) is 7.25. The van der Waals surface area contributed by atoms with Gasteiger partial charge in [-0.1, -0.05) is 39.8 Å². The van der Waals surface area contributed by atoms with Crippen LogP contribution in [-0.2, 0) is 15.3 Å². The molecule has 112 valence electrons. The minimum absolute atomic E-state index is 0.00962. The summed E-state index contributed by atoms with van der Waals surface area (Å²) in [5, 5.41) is 0. The number of rotatable bonds is 3. The van der Waals surface area contributed by atoms with E-state index in [1.165, 1.54) is 0 Å². The van der Waals surface area contributed by atoms with Crippen molar-refractivity contribution in [1.29, 1.82) is 0 Å². The van der Waals surface area contributed by atoms with Crippen LogP contribution in [0.1, 0.15) is 40.2 Å². The van der Waals surface area contributed by atoms with Gasteiger partial charge in [0.15, 0.2) is 5.79 Å². The Labute approximate surface area is 122 Å². The van der Waals surface area contributed by atoms with Crippen LogP contribution >= 0.6 is 0 Å². The molecule has 0 spiro atoms. The summed E-state index contributed by atoms with van der Waals surface area (Å²) in [5.41, 5.74) is 0.957. The van der Waals surface area contributed by atoms with Gasteiger partial charge in [0, 0.05) is 5.41 Å². The number of hydrogen-bond donors (Lipinski definition) is 0. The van der Waals surface area contributed by atoms with Crippen molar-refractivity contribution in [3.05, 3.63) is 29.8 Å². The highest BCUT2D eigenvalue weighted by molar-refractivity contribution is 5.36. The zero-order chi connectivity index (χ0) is 15.0. The van der Waals surface area contributed by atoms with E-state index in [0.717, 1.165) is 11.3 Å². The van der Waals surface area contributed by atoms with Gasteiger partial charge < -0.3 is 14.2 Å². The van der Waals surface area contributed by atoms with Crippen LogP contribution in [0, 0.1) is 11.3 Å². The average Bonchev–Trinajstić information content (AvgIpc) is 2.41. The van der Waals surface area contributed by atoms with Gasteiger partial charge in [-0.2, -0.15) is 0 Å². The number of para-hydroxylation sites is 1. The molecule has 1 fully saturated rings. The van der Waals surface area contributed by atoms with Gasteiger partial charge in [-0.05, 0) is 25.0 Å². The van der Waals surface area contributed by atoms with Crippen LogP contribution in [0.2, 0.25) is 0 Å². The topological polar surface area (TPSA) is 27.7 Å². The van der Waals surface area contributed by atoms with Crippen LogP contribution in [0.4, 0.5) is 0 Å². The quantitative estimate of drug-likeness (QED) is 0.837. The van der Waals surface area contributed by atoms with Crippen LogP contribution < -0.4 is 4.74 Å². The van der Waals surface area contributed by atoms with E-state index in [0.29, 0.717) is 12.5 Å². The van der Waals surface area contributed by atoms with Crippen molar-refractivity contribution in [3.8, 4) is 5.75 Å². The Kier molecular flexibility index (Phi) is 4.12. The van der Waals surface area contributed by atoms with Crippen molar-refractivity contribution in [2.75, 3.05) is 13.7 Å². The largest absolute Gasteiger partial charge is 0.496 e. The molecule has 1 aromatic rings. The predicted molar refractivity (Wildman–Crippen MR) is 79.8 cm³/mol. The monoisotopic (exact) mass is 278 g/mol. The van der Waals surface area contributed by atoms with Gasteiger partial charge >= 0.3 is 0 Å². The lowest BCUT2D eigenvalue weighted by molar-refractivity contribution is -0.337. The highest BCUT2D eigenvalue weighted by atomic mass is 16.7. The standard InChI is InChI=1S/C17H26O3/c1-12(2)15-16(3,4)11-19-17(5,20-15)13-9-7-8-10-14(13)18-6/h7-10,12,15H,11H2,1-6H3. The second kappa shape index (κ2) is 5.38. The van der Waals surface area contributed by atoms with Crippen molar-refractivity contribution in [1.82, 2.24) is 0 Å². The summed E-state index contributed by atoms with van der Waals surface area (Å²) in [6.45, 7) is 11.4. The Morgan fingerprint density at radius 2 is 1.85 bits per heavy atom. The van der Waals surface area contributed by atoms with Gasteiger partial charge in [0.1, 0.15) is 5.75 Å². The first-order chi connectivity index (χ1) is 9.30. The van der Waals surface area contributed by atoms with E-state index in [9.17, 15) is 0 Å². The van der Waals surface area contributed by atoms with Crippen LogP contribution in [-0.4, -0.2) is 19.8 Å². The summed E-state index contributed by atoms with van der Waals surface area (Å²) in [6, 6.07) is 7.89. The van der Waals surface area contributed by atoms with Crippen molar-refractivity contribution < 1.29 is 14.2 Å². The Bertz CT molecular complexity index is 467. The van der Waals surface area contributed by atoms with Gasteiger partial charge in [0.25, 0.3) is 0 Å². The zero-order valence-corrected chi connectivity index (χ0v) is 13.4. The molecule has 0 aliphatic carbocycles. The SMILES string of the molecule is COc1ccccc1C1(C)OCC(C)(C)C(C(C)C)O1. The second-order valence-electron chi connectivity index (χ2n) is 6.71. The predicted octanol–water partition coefficient (Wildman–Crippen LogP) is 3.97. The Morgan fingerprint density at radius 1 is 1.20 bits per heavy atom. The molecule has 2 unspecified atom stereocenters. The molecule has 3 nitrogen and oxygen atoms in total.